The summed E-state index contributed by atoms with van der Waals surface area (Å²) in [4.78, 5) is 44.8. The summed E-state index contributed by atoms with van der Waals surface area (Å²) in [5.41, 5.74) is 1.55. The van der Waals surface area contributed by atoms with Gasteiger partial charge >= 0.3 is 6.03 Å². The quantitative estimate of drug-likeness (QED) is 0.467. The number of piperidine rings is 1. The summed E-state index contributed by atoms with van der Waals surface area (Å²) in [6.07, 6.45) is 1.02. The second-order valence-electron chi connectivity index (χ2n) is 9.08. The van der Waals surface area contributed by atoms with Crippen LogP contribution in [0.15, 0.2) is 91.0 Å². The maximum atomic E-state index is 13.7. The van der Waals surface area contributed by atoms with Gasteiger partial charge in [-0.2, -0.15) is 0 Å². The van der Waals surface area contributed by atoms with Gasteiger partial charge in [-0.1, -0.05) is 54.6 Å². The zero-order valence-corrected chi connectivity index (χ0v) is 20.3. The number of likely N-dealkylation sites (tertiary alicyclic amines) is 1. The van der Waals surface area contributed by atoms with Crippen LogP contribution in [0.4, 0.5) is 21.9 Å². The molecular weight excluding hydrogens is 438 g/mol. The molecule has 0 unspecified atom stereocenters. The molecule has 0 saturated carbocycles. The number of amides is 3. The first kappa shape index (κ1) is 24.2. The lowest BCUT2D eigenvalue weighted by Gasteiger charge is -2.41. The van der Waals surface area contributed by atoms with Crippen molar-refractivity contribution in [1.82, 2.24) is 4.90 Å². The fourth-order valence-corrected chi connectivity index (χ4v) is 4.71. The van der Waals surface area contributed by atoms with Crippen LogP contribution in [0.25, 0.3) is 0 Å². The van der Waals surface area contributed by atoms with Crippen LogP contribution < -0.4 is 9.80 Å². The molecule has 0 spiro atoms. The fourth-order valence-electron chi connectivity index (χ4n) is 4.71. The lowest BCUT2D eigenvalue weighted by molar-refractivity contribution is -0.134. The third-order valence-electron chi connectivity index (χ3n) is 6.94. The first-order valence-electron chi connectivity index (χ1n) is 11.9. The lowest BCUT2D eigenvalue weighted by atomic mass is 9.72. The molecule has 0 aliphatic carbocycles. The number of hydrogen-bond acceptors (Lipinski definition) is 3. The Balaban J connectivity index is 1.51. The highest BCUT2D eigenvalue weighted by atomic mass is 16.2. The van der Waals surface area contributed by atoms with Crippen molar-refractivity contribution in [3.05, 3.63) is 91.0 Å². The highest BCUT2D eigenvalue weighted by molar-refractivity contribution is 6.03. The third kappa shape index (κ3) is 5.27. The van der Waals surface area contributed by atoms with Gasteiger partial charge in [0.1, 0.15) is 5.78 Å². The Morgan fingerprint density at radius 1 is 0.743 bits per heavy atom. The van der Waals surface area contributed by atoms with E-state index in [0.29, 0.717) is 25.9 Å². The Bertz CT molecular complexity index is 1120. The van der Waals surface area contributed by atoms with E-state index in [1.807, 2.05) is 91.0 Å². The monoisotopic (exact) mass is 469 g/mol. The van der Waals surface area contributed by atoms with Crippen molar-refractivity contribution in [3.63, 3.8) is 0 Å². The maximum absolute atomic E-state index is 13.7. The van der Waals surface area contributed by atoms with Gasteiger partial charge in [-0.05, 0) is 56.2 Å². The van der Waals surface area contributed by atoms with E-state index in [2.05, 4.69) is 0 Å². The summed E-state index contributed by atoms with van der Waals surface area (Å²) >= 11 is 0. The average Bonchev–Trinajstić information content (AvgIpc) is 2.90. The maximum Gasteiger partial charge on any atom is 0.324 e. The number of benzene rings is 3. The molecule has 1 aliphatic rings. The van der Waals surface area contributed by atoms with Gasteiger partial charge in [0.25, 0.3) is 0 Å². The third-order valence-corrected chi connectivity index (χ3v) is 6.94. The van der Waals surface area contributed by atoms with Gasteiger partial charge in [0.2, 0.25) is 5.91 Å². The van der Waals surface area contributed by atoms with Crippen LogP contribution in [0.3, 0.4) is 0 Å². The second kappa shape index (κ2) is 10.6. The predicted molar refractivity (Wildman–Crippen MR) is 139 cm³/mol. The van der Waals surface area contributed by atoms with Crippen molar-refractivity contribution in [1.29, 1.82) is 0 Å². The van der Waals surface area contributed by atoms with Gasteiger partial charge < -0.3 is 4.90 Å². The number of carbonyl (C=O) groups is 3. The molecule has 180 valence electrons. The lowest BCUT2D eigenvalue weighted by Crippen LogP contribution is -2.51. The number of rotatable bonds is 6. The molecular formula is C29H31N3O3. The minimum Gasteiger partial charge on any atom is -0.324 e. The zero-order valence-electron chi connectivity index (χ0n) is 20.3. The number of anilines is 3. The predicted octanol–water partition coefficient (Wildman–Crippen LogP) is 5.67. The molecule has 3 aromatic rings. The van der Waals surface area contributed by atoms with Crippen molar-refractivity contribution in [2.75, 3.05) is 29.9 Å². The van der Waals surface area contributed by atoms with Gasteiger partial charge in [-0.3, -0.25) is 19.4 Å². The van der Waals surface area contributed by atoms with E-state index in [4.69, 9.17) is 0 Å². The highest BCUT2D eigenvalue weighted by Gasteiger charge is 2.43. The second-order valence-corrected chi connectivity index (χ2v) is 9.08. The Kier molecular flexibility index (Phi) is 7.30. The first-order chi connectivity index (χ1) is 16.9. The van der Waals surface area contributed by atoms with Crippen LogP contribution in [0.5, 0.6) is 0 Å². The van der Waals surface area contributed by atoms with Crippen LogP contribution in [0.2, 0.25) is 0 Å². The molecule has 1 saturated heterocycles. The molecule has 0 atom stereocenters. The van der Waals surface area contributed by atoms with Crippen molar-refractivity contribution in [2.45, 2.75) is 26.2 Å². The summed E-state index contributed by atoms with van der Waals surface area (Å²) in [6.45, 7) is 2.43. The summed E-state index contributed by atoms with van der Waals surface area (Å²) in [5, 5.41) is 0. The van der Waals surface area contributed by atoms with Crippen molar-refractivity contribution < 1.29 is 14.4 Å². The largest absolute Gasteiger partial charge is 0.324 e. The SMILES string of the molecule is CC(=O)C1(CC(=O)N(c2ccccc2)c2ccccc2)CCN(C(=O)N(C)c2ccccc2)CC1. The van der Waals surface area contributed by atoms with E-state index in [9.17, 15) is 14.4 Å². The molecule has 1 heterocycles. The molecule has 35 heavy (non-hydrogen) atoms. The van der Waals surface area contributed by atoms with E-state index >= 15 is 0 Å². The molecule has 4 rings (SSSR count). The molecule has 0 radical (unpaired) electrons. The van der Waals surface area contributed by atoms with Gasteiger partial charge in [0, 0.05) is 49.0 Å². The van der Waals surface area contributed by atoms with Gasteiger partial charge in [0.15, 0.2) is 0 Å². The van der Waals surface area contributed by atoms with Crippen LogP contribution in [-0.4, -0.2) is 42.8 Å². The van der Waals surface area contributed by atoms with Crippen LogP contribution >= 0.6 is 0 Å². The summed E-state index contributed by atoms with van der Waals surface area (Å²) in [7, 11) is 1.76. The van der Waals surface area contributed by atoms with Crippen LogP contribution in [0, 0.1) is 5.41 Å². The first-order valence-corrected chi connectivity index (χ1v) is 11.9. The van der Waals surface area contributed by atoms with Crippen molar-refractivity contribution >= 4 is 34.8 Å². The molecule has 1 fully saturated rings. The minimum atomic E-state index is -0.791. The molecule has 3 aromatic carbocycles. The van der Waals surface area contributed by atoms with E-state index in [-0.39, 0.29) is 24.1 Å². The molecule has 6 nitrogen and oxygen atoms in total. The Morgan fingerprint density at radius 3 is 1.60 bits per heavy atom. The Labute approximate surface area is 206 Å². The smallest absolute Gasteiger partial charge is 0.324 e. The standard InChI is InChI=1S/C29H31N3O3/c1-23(33)29(18-20-31(21-19-29)28(35)30(2)24-12-6-3-7-13-24)22-27(34)32(25-14-8-4-9-15-25)26-16-10-5-11-17-26/h3-17H,18-22H2,1-2H3. The van der Waals surface area contributed by atoms with E-state index < -0.39 is 5.41 Å². The number of para-hydroxylation sites is 3. The summed E-state index contributed by atoms with van der Waals surface area (Å²) in [6, 6.07) is 28.4. The van der Waals surface area contributed by atoms with E-state index in [1.54, 1.807) is 28.7 Å². The topological polar surface area (TPSA) is 60.9 Å². The molecule has 0 N–H and O–H groups in total. The number of carbonyl (C=O) groups excluding carboxylic acids is 3. The number of urea groups is 1. The van der Waals surface area contributed by atoms with Gasteiger partial charge in [-0.15, -0.1) is 0 Å². The number of ketones is 1. The van der Waals surface area contributed by atoms with Crippen molar-refractivity contribution in [3.8, 4) is 0 Å². The minimum absolute atomic E-state index is 0.00423. The molecule has 6 heteroatoms. The number of nitrogens with zero attached hydrogens (tertiary/aromatic N) is 3. The van der Waals surface area contributed by atoms with E-state index in [0.717, 1.165) is 17.1 Å². The molecule has 0 aromatic heterocycles. The number of Topliss-reactive ketones (excluding diaryl/α,β-unsaturated/α-hetero) is 1. The Hall–Kier alpha value is -3.93. The highest BCUT2D eigenvalue weighted by Crippen LogP contribution is 2.39. The normalized spacial score (nSPS) is 14.7. The van der Waals surface area contributed by atoms with Crippen LogP contribution in [0.1, 0.15) is 26.2 Å². The summed E-state index contributed by atoms with van der Waals surface area (Å²) < 4.78 is 0. The van der Waals surface area contributed by atoms with Crippen molar-refractivity contribution in [2.24, 2.45) is 5.41 Å². The molecule has 1 aliphatic heterocycles. The zero-order chi connectivity index (χ0) is 24.8. The molecule has 3 amide bonds. The van der Waals surface area contributed by atoms with Gasteiger partial charge in [0.05, 0.1) is 0 Å². The van der Waals surface area contributed by atoms with Crippen LogP contribution in [-0.2, 0) is 9.59 Å². The fraction of sp³-hybridized carbons (Fsp3) is 0.276. The average molecular weight is 470 g/mol. The summed E-state index contributed by atoms with van der Waals surface area (Å²) in [5.74, 6) is -0.130. The number of hydrogen-bond donors (Lipinski definition) is 0. The Morgan fingerprint density at radius 2 is 1.17 bits per heavy atom. The van der Waals surface area contributed by atoms with E-state index in [1.165, 1.54) is 0 Å². The molecule has 0 bridgehead atoms. The van der Waals surface area contributed by atoms with Gasteiger partial charge in [-0.25, -0.2) is 4.79 Å².